The van der Waals surface area contributed by atoms with Gasteiger partial charge in [0.05, 0.1) is 0 Å². The van der Waals surface area contributed by atoms with Crippen LogP contribution in [0, 0.1) is 5.92 Å². The Bertz CT molecular complexity index is 228. The number of amides is 1. The number of nitrogens with two attached hydrogens (primary N) is 1. The van der Waals surface area contributed by atoms with Crippen molar-refractivity contribution in [2.24, 2.45) is 11.7 Å². The zero-order valence-electron chi connectivity index (χ0n) is 10.9. The van der Waals surface area contributed by atoms with Gasteiger partial charge in [-0.05, 0) is 39.5 Å². The van der Waals surface area contributed by atoms with Gasteiger partial charge in [-0.3, -0.25) is 4.79 Å². The molecule has 1 fully saturated rings. The van der Waals surface area contributed by atoms with Gasteiger partial charge in [0.25, 0.3) is 0 Å². The molecule has 0 aromatic heterocycles. The molecule has 0 aliphatic heterocycles. The molecule has 2 atom stereocenters. The van der Waals surface area contributed by atoms with Crippen molar-refractivity contribution in [1.29, 1.82) is 0 Å². The SMILES string of the molecule is CCCN(C(=O)C1CCCC(N)C1)C(C)C. The molecule has 0 saturated heterocycles. The molecule has 2 N–H and O–H groups in total. The van der Waals surface area contributed by atoms with Crippen molar-refractivity contribution in [2.45, 2.75) is 65.0 Å². The maximum atomic E-state index is 12.3. The Balaban J connectivity index is 2.58. The van der Waals surface area contributed by atoms with Crippen LogP contribution in [0.15, 0.2) is 0 Å². The standard InChI is InChI=1S/C13H26N2O/c1-4-8-15(10(2)3)13(16)11-6-5-7-12(14)9-11/h10-12H,4-9,14H2,1-3H3. The molecule has 0 spiro atoms. The molecule has 0 bridgehead atoms. The highest BCUT2D eigenvalue weighted by Gasteiger charge is 2.29. The van der Waals surface area contributed by atoms with Crippen LogP contribution in [0.25, 0.3) is 0 Å². The van der Waals surface area contributed by atoms with Crippen LogP contribution >= 0.6 is 0 Å². The maximum Gasteiger partial charge on any atom is 0.225 e. The Morgan fingerprint density at radius 1 is 1.44 bits per heavy atom. The minimum Gasteiger partial charge on any atom is -0.340 e. The van der Waals surface area contributed by atoms with Gasteiger partial charge in [0.15, 0.2) is 0 Å². The second-order valence-electron chi connectivity index (χ2n) is 5.25. The minimum absolute atomic E-state index is 0.178. The summed E-state index contributed by atoms with van der Waals surface area (Å²) in [4.78, 5) is 14.4. The van der Waals surface area contributed by atoms with Crippen molar-refractivity contribution in [3.63, 3.8) is 0 Å². The van der Waals surface area contributed by atoms with Crippen molar-refractivity contribution >= 4 is 5.91 Å². The van der Waals surface area contributed by atoms with Crippen LogP contribution in [0.5, 0.6) is 0 Å². The van der Waals surface area contributed by atoms with Gasteiger partial charge in [0.1, 0.15) is 0 Å². The summed E-state index contributed by atoms with van der Waals surface area (Å²) in [5.41, 5.74) is 5.94. The molecule has 2 unspecified atom stereocenters. The molecule has 16 heavy (non-hydrogen) atoms. The summed E-state index contributed by atoms with van der Waals surface area (Å²) >= 11 is 0. The second-order valence-corrected chi connectivity index (χ2v) is 5.25. The van der Waals surface area contributed by atoms with E-state index < -0.39 is 0 Å². The normalized spacial score (nSPS) is 25.8. The average Bonchev–Trinajstić information content (AvgIpc) is 2.24. The van der Waals surface area contributed by atoms with E-state index in [2.05, 4.69) is 20.8 Å². The summed E-state index contributed by atoms with van der Waals surface area (Å²) in [5, 5.41) is 0. The number of carbonyl (C=O) groups excluding carboxylic acids is 1. The predicted molar refractivity (Wildman–Crippen MR) is 67.1 cm³/mol. The first-order valence-electron chi connectivity index (χ1n) is 6.62. The lowest BCUT2D eigenvalue weighted by Crippen LogP contribution is -2.44. The van der Waals surface area contributed by atoms with Crippen molar-refractivity contribution in [1.82, 2.24) is 4.90 Å². The average molecular weight is 226 g/mol. The third-order valence-electron chi connectivity index (χ3n) is 3.43. The van der Waals surface area contributed by atoms with Gasteiger partial charge in [0.2, 0.25) is 5.91 Å². The minimum atomic E-state index is 0.178. The van der Waals surface area contributed by atoms with Gasteiger partial charge in [-0.25, -0.2) is 0 Å². The summed E-state index contributed by atoms with van der Waals surface area (Å²) < 4.78 is 0. The highest BCUT2D eigenvalue weighted by atomic mass is 16.2. The first kappa shape index (κ1) is 13.5. The lowest BCUT2D eigenvalue weighted by Gasteiger charge is -2.33. The Labute approximate surface area is 99.4 Å². The van der Waals surface area contributed by atoms with E-state index in [4.69, 9.17) is 5.73 Å². The van der Waals surface area contributed by atoms with Crippen molar-refractivity contribution in [3.05, 3.63) is 0 Å². The summed E-state index contributed by atoms with van der Waals surface area (Å²) in [5.74, 6) is 0.504. The Kier molecular flexibility index (Phi) is 5.26. The molecule has 0 aromatic carbocycles. The van der Waals surface area contributed by atoms with Gasteiger partial charge >= 0.3 is 0 Å². The van der Waals surface area contributed by atoms with Crippen LogP contribution in [0.4, 0.5) is 0 Å². The highest BCUT2D eigenvalue weighted by molar-refractivity contribution is 5.79. The van der Waals surface area contributed by atoms with E-state index in [1.165, 1.54) is 0 Å². The number of nitrogens with zero attached hydrogens (tertiary/aromatic N) is 1. The summed E-state index contributed by atoms with van der Waals surface area (Å²) in [6, 6.07) is 0.545. The van der Waals surface area contributed by atoms with Crippen molar-refractivity contribution < 1.29 is 4.79 Å². The van der Waals surface area contributed by atoms with Crippen molar-refractivity contribution in [3.8, 4) is 0 Å². The summed E-state index contributed by atoms with van der Waals surface area (Å²) in [7, 11) is 0. The first-order chi connectivity index (χ1) is 7.56. The quantitative estimate of drug-likeness (QED) is 0.798. The van der Waals surface area contributed by atoms with E-state index in [1.54, 1.807) is 0 Å². The predicted octanol–water partition coefficient (Wildman–Crippen LogP) is 2.15. The van der Waals surface area contributed by atoms with Gasteiger partial charge in [0, 0.05) is 24.5 Å². The van der Waals surface area contributed by atoms with Gasteiger partial charge < -0.3 is 10.6 Å². The third-order valence-corrected chi connectivity index (χ3v) is 3.43. The molecule has 3 heteroatoms. The van der Waals surface area contributed by atoms with Crippen LogP contribution < -0.4 is 5.73 Å². The van der Waals surface area contributed by atoms with Crippen LogP contribution in [0.2, 0.25) is 0 Å². The first-order valence-corrected chi connectivity index (χ1v) is 6.62. The maximum absolute atomic E-state index is 12.3. The zero-order chi connectivity index (χ0) is 12.1. The van der Waals surface area contributed by atoms with Crippen molar-refractivity contribution in [2.75, 3.05) is 6.54 Å². The fraction of sp³-hybridized carbons (Fsp3) is 0.923. The molecule has 1 aliphatic carbocycles. The fourth-order valence-corrected chi connectivity index (χ4v) is 2.55. The monoisotopic (exact) mass is 226 g/mol. The number of hydrogen-bond donors (Lipinski definition) is 1. The lowest BCUT2D eigenvalue weighted by molar-refractivity contribution is -0.138. The highest BCUT2D eigenvalue weighted by Crippen LogP contribution is 2.25. The Hall–Kier alpha value is -0.570. The van der Waals surface area contributed by atoms with Gasteiger partial charge in [-0.15, -0.1) is 0 Å². The van der Waals surface area contributed by atoms with E-state index in [-0.39, 0.29) is 12.0 Å². The molecule has 0 heterocycles. The van der Waals surface area contributed by atoms with Gasteiger partial charge in [-0.1, -0.05) is 13.3 Å². The van der Waals surface area contributed by atoms with Crippen LogP contribution in [-0.4, -0.2) is 29.4 Å². The molecule has 0 aromatic rings. The molecule has 3 nitrogen and oxygen atoms in total. The molecule has 0 radical (unpaired) electrons. The van der Waals surface area contributed by atoms with Crippen LogP contribution in [0.3, 0.4) is 0 Å². The van der Waals surface area contributed by atoms with Gasteiger partial charge in [-0.2, -0.15) is 0 Å². The molecule has 1 rings (SSSR count). The largest absolute Gasteiger partial charge is 0.340 e. The second kappa shape index (κ2) is 6.24. The molecule has 1 aliphatic rings. The van der Waals surface area contributed by atoms with Crippen LogP contribution in [-0.2, 0) is 4.79 Å². The van der Waals surface area contributed by atoms with Crippen LogP contribution in [0.1, 0.15) is 52.9 Å². The number of carbonyl (C=O) groups is 1. The third kappa shape index (κ3) is 3.48. The molecular weight excluding hydrogens is 200 g/mol. The summed E-state index contributed by atoms with van der Waals surface area (Å²) in [6.07, 6.45) is 5.13. The summed E-state index contributed by atoms with van der Waals surface area (Å²) in [6.45, 7) is 7.18. The Morgan fingerprint density at radius 2 is 2.12 bits per heavy atom. The van der Waals surface area contributed by atoms with E-state index in [0.717, 1.165) is 38.6 Å². The van der Waals surface area contributed by atoms with E-state index in [1.807, 2.05) is 4.90 Å². The Morgan fingerprint density at radius 3 is 2.62 bits per heavy atom. The lowest BCUT2D eigenvalue weighted by atomic mass is 9.85. The zero-order valence-corrected chi connectivity index (χ0v) is 10.9. The molecular formula is C13H26N2O. The van der Waals surface area contributed by atoms with E-state index in [9.17, 15) is 4.79 Å². The fourth-order valence-electron chi connectivity index (χ4n) is 2.55. The molecule has 1 saturated carbocycles. The van der Waals surface area contributed by atoms with E-state index in [0.29, 0.717) is 11.9 Å². The number of hydrogen-bond acceptors (Lipinski definition) is 2. The van der Waals surface area contributed by atoms with E-state index >= 15 is 0 Å². The molecule has 1 amide bonds. The molecule has 94 valence electrons. The smallest absolute Gasteiger partial charge is 0.225 e. The topological polar surface area (TPSA) is 46.3 Å². The number of rotatable bonds is 4.